The maximum atomic E-state index is 11.2. The Morgan fingerprint density at radius 3 is 2.27 bits per heavy atom. The number of halogens is 1. The van der Waals surface area contributed by atoms with E-state index in [1.165, 1.54) is 0 Å². The molecule has 2 N–H and O–H groups in total. The van der Waals surface area contributed by atoms with Crippen LogP contribution < -0.4 is 5.73 Å². The number of benzene rings is 1. The second-order valence-corrected chi connectivity index (χ2v) is 3.49. The molecular formula is C11H12ClNO2. The van der Waals surface area contributed by atoms with Crippen LogP contribution in [0, 0.1) is 0 Å². The normalized spacial score (nSPS) is 9.93. The number of carbonyl (C=O) groups excluding carboxylic acids is 2. The summed E-state index contributed by atoms with van der Waals surface area (Å²) in [4.78, 5) is 21.7. The van der Waals surface area contributed by atoms with Gasteiger partial charge in [0.2, 0.25) is 5.91 Å². The van der Waals surface area contributed by atoms with Gasteiger partial charge in [-0.1, -0.05) is 24.3 Å². The fraction of sp³-hybridized carbons (Fsp3) is 0.273. The lowest BCUT2D eigenvalue weighted by atomic mass is 10.1. The van der Waals surface area contributed by atoms with E-state index in [4.69, 9.17) is 17.3 Å². The number of primary amides is 1. The average molecular weight is 226 g/mol. The molecule has 0 bridgehead atoms. The number of carbonyl (C=O) groups is 2. The third kappa shape index (κ3) is 3.72. The molecule has 0 saturated heterocycles. The van der Waals surface area contributed by atoms with Gasteiger partial charge in [-0.05, 0) is 12.0 Å². The van der Waals surface area contributed by atoms with Crippen LogP contribution in [-0.4, -0.2) is 17.6 Å². The molecule has 0 aliphatic carbocycles. The standard InChI is InChI=1S/C11H12ClNO2/c12-7-10(14)9-4-1-8(2-5-9)3-6-11(13)15/h1-2,4-5H,3,6-7H2,(H2,13,15). The van der Waals surface area contributed by atoms with Crippen molar-refractivity contribution in [2.75, 3.05) is 5.88 Å². The Morgan fingerprint density at radius 2 is 1.80 bits per heavy atom. The van der Waals surface area contributed by atoms with Gasteiger partial charge < -0.3 is 5.73 Å². The van der Waals surface area contributed by atoms with Crippen molar-refractivity contribution in [3.63, 3.8) is 0 Å². The first kappa shape index (κ1) is 11.7. The first-order valence-corrected chi connectivity index (χ1v) is 5.13. The Balaban J connectivity index is 2.64. The highest BCUT2D eigenvalue weighted by Gasteiger charge is 2.03. The molecule has 80 valence electrons. The van der Waals surface area contributed by atoms with Crippen molar-refractivity contribution in [1.82, 2.24) is 0 Å². The maximum absolute atomic E-state index is 11.2. The molecule has 1 aromatic carbocycles. The molecule has 15 heavy (non-hydrogen) atoms. The second kappa shape index (κ2) is 5.51. The highest BCUT2D eigenvalue weighted by Crippen LogP contribution is 2.07. The van der Waals surface area contributed by atoms with Crippen LogP contribution in [0.2, 0.25) is 0 Å². The molecule has 0 atom stereocenters. The number of Topliss-reactive ketones (excluding diaryl/α,β-unsaturated/α-hetero) is 1. The summed E-state index contributed by atoms with van der Waals surface area (Å²) in [7, 11) is 0. The lowest BCUT2D eigenvalue weighted by Gasteiger charge is -2.01. The summed E-state index contributed by atoms with van der Waals surface area (Å²) in [6, 6.07) is 7.04. The number of nitrogens with two attached hydrogens (primary N) is 1. The van der Waals surface area contributed by atoms with Crippen LogP contribution in [-0.2, 0) is 11.2 Å². The summed E-state index contributed by atoms with van der Waals surface area (Å²) in [5.74, 6) is -0.435. The Morgan fingerprint density at radius 1 is 1.20 bits per heavy atom. The zero-order chi connectivity index (χ0) is 11.3. The van der Waals surface area contributed by atoms with Gasteiger partial charge in [0, 0.05) is 12.0 Å². The Labute approximate surface area is 93.2 Å². The highest BCUT2D eigenvalue weighted by molar-refractivity contribution is 6.30. The van der Waals surface area contributed by atoms with E-state index in [2.05, 4.69) is 0 Å². The van der Waals surface area contributed by atoms with E-state index in [1.807, 2.05) is 12.1 Å². The minimum atomic E-state index is -0.323. The summed E-state index contributed by atoms with van der Waals surface area (Å²) < 4.78 is 0. The quantitative estimate of drug-likeness (QED) is 0.610. The molecule has 0 aromatic heterocycles. The molecule has 0 unspecified atom stereocenters. The van der Waals surface area contributed by atoms with Gasteiger partial charge in [0.25, 0.3) is 0 Å². The Hall–Kier alpha value is -1.35. The fourth-order valence-electron chi connectivity index (χ4n) is 1.20. The summed E-state index contributed by atoms with van der Waals surface area (Å²) >= 11 is 5.42. The minimum Gasteiger partial charge on any atom is -0.370 e. The van der Waals surface area contributed by atoms with E-state index in [1.54, 1.807) is 12.1 Å². The molecule has 3 nitrogen and oxygen atoms in total. The number of ketones is 1. The van der Waals surface area contributed by atoms with Gasteiger partial charge in [-0.15, -0.1) is 11.6 Å². The van der Waals surface area contributed by atoms with Crippen LogP contribution >= 0.6 is 11.6 Å². The summed E-state index contributed by atoms with van der Waals surface area (Å²) in [6.45, 7) is 0. The molecule has 0 aliphatic rings. The minimum absolute atomic E-state index is 0.0133. The van der Waals surface area contributed by atoms with Gasteiger partial charge in [0.05, 0.1) is 5.88 Å². The smallest absolute Gasteiger partial charge is 0.217 e. The van der Waals surface area contributed by atoms with Crippen molar-refractivity contribution in [3.8, 4) is 0 Å². The van der Waals surface area contributed by atoms with Crippen LogP contribution in [0.4, 0.5) is 0 Å². The maximum Gasteiger partial charge on any atom is 0.217 e. The van der Waals surface area contributed by atoms with Crippen LogP contribution in [0.5, 0.6) is 0 Å². The molecule has 1 aromatic rings. The van der Waals surface area contributed by atoms with E-state index < -0.39 is 0 Å². The van der Waals surface area contributed by atoms with Crippen LogP contribution in [0.3, 0.4) is 0 Å². The fourth-order valence-corrected chi connectivity index (χ4v) is 1.36. The SMILES string of the molecule is NC(=O)CCc1ccc(C(=O)CCl)cc1. The molecule has 0 spiro atoms. The van der Waals surface area contributed by atoms with Crippen molar-refractivity contribution in [3.05, 3.63) is 35.4 Å². The third-order valence-electron chi connectivity index (χ3n) is 2.06. The number of amides is 1. The summed E-state index contributed by atoms with van der Waals surface area (Å²) in [5.41, 5.74) is 6.61. The monoisotopic (exact) mass is 225 g/mol. The van der Waals surface area contributed by atoms with Gasteiger partial charge in [-0.3, -0.25) is 9.59 Å². The second-order valence-electron chi connectivity index (χ2n) is 3.22. The third-order valence-corrected chi connectivity index (χ3v) is 2.30. The molecule has 1 rings (SSSR count). The molecule has 0 fully saturated rings. The first-order valence-electron chi connectivity index (χ1n) is 4.60. The molecule has 0 heterocycles. The van der Waals surface area contributed by atoms with Gasteiger partial charge in [0.1, 0.15) is 0 Å². The highest BCUT2D eigenvalue weighted by atomic mass is 35.5. The average Bonchev–Trinajstić information content (AvgIpc) is 2.26. The predicted molar refractivity (Wildman–Crippen MR) is 59.0 cm³/mol. The molecular weight excluding hydrogens is 214 g/mol. The van der Waals surface area contributed by atoms with Crippen LogP contribution in [0.1, 0.15) is 22.3 Å². The van der Waals surface area contributed by atoms with Gasteiger partial charge in [0.15, 0.2) is 5.78 Å². The number of hydrogen-bond acceptors (Lipinski definition) is 2. The molecule has 0 radical (unpaired) electrons. The molecule has 0 saturated carbocycles. The van der Waals surface area contributed by atoms with Crippen LogP contribution in [0.15, 0.2) is 24.3 Å². The van der Waals surface area contributed by atoms with Crippen LogP contribution in [0.25, 0.3) is 0 Å². The number of hydrogen-bond donors (Lipinski definition) is 1. The van der Waals surface area contributed by atoms with Crippen molar-refractivity contribution in [2.24, 2.45) is 5.73 Å². The summed E-state index contributed by atoms with van der Waals surface area (Å²) in [6.07, 6.45) is 0.924. The lowest BCUT2D eigenvalue weighted by molar-refractivity contribution is -0.117. The topological polar surface area (TPSA) is 60.2 Å². The number of aryl methyl sites for hydroxylation is 1. The number of alkyl halides is 1. The van der Waals surface area contributed by atoms with Crippen molar-refractivity contribution < 1.29 is 9.59 Å². The summed E-state index contributed by atoms with van der Waals surface area (Å²) in [5, 5.41) is 0. The Kier molecular flexibility index (Phi) is 4.31. The van der Waals surface area contributed by atoms with Crippen molar-refractivity contribution in [2.45, 2.75) is 12.8 Å². The van der Waals surface area contributed by atoms with Crippen molar-refractivity contribution in [1.29, 1.82) is 0 Å². The molecule has 4 heteroatoms. The lowest BCUT2D eigenvalue weighted by Crippen LogP contribution is -2.11. The first-order chi connectivity index (χ1) is 7.13. The molecule has 1 amide bonds. The van der Waals surface area contributed by atoms with E-state index in [0.717, 1.165) is 5.56 Å². The molecule has 0 aliphatic heterocycles. The van der Waals surface area contributed by atoms with Gasteiger partial charge in [-0.25, -0.2) is 0 Å². The van der Waals surface area contributed by atoms with Gasteiger partial charge in [-0.2, -0.15) is 0 Å². The zero-order valence-corrected chi connectivity index (χ0v) is 8.96. The largest absolute Gasteiger partial charge is 0.370 e. The van der Waals surface area contributed by atoms with E-state index in [-0.39, 0.29) is 17.6 Å². The number of rotatable bonds is 5. The van der Waals surface area contributed by atoms with E-state index >= 15 is 0 Å². The van der Waals surface area contributed by atoms with Crippen molar-refractivity contribution >= 4 is 23.3 Å². The van der Waals surface area contributed by atoms with E-state index in [9.17, 15) is 9.59 Å². The van der Waals surface area contributed by atoms with E-state index in [0.29, 0.717) is 18.4 Å². The zero-order valence-electron chi connectivity index (χ0n) is 8.20. The predicted octanol–water partition coefficient (Wildman–Crippen LogP) is 1.53. The Bertz CT molecular complexity index is 359. The van der Waals surface area contributed by atoms with Gasteiger partial charge >= 0.3 is 0 Å².